The van der Waals surface area contributed by atoms with Gasteiger partial charge in [0, 0.05) is 30.0 Å². The van der Waals surface area contributed by atoms with Gasteiger partial charge in [-0.15, -0.1) is 0 Å². The van der Waals surface area contributed by atoms with Crippen molar-refractivity contribution in [3.05, 3.63) is 35.0 Å². The summed E-state index contributed by atoms with van der Waals surface area (Å²) in [5.74, 6) is 1.17. The number of nitrogens with zero attached hydrogens (tertiary/aromatic N) is 5. The summed E-state index contributed by atoms with van der Waals surface area (Å²) in [5, 5.41) is 4.65. The second kappa shape index (κ2) is 4.83. The molecule has 1 saturated heterocycles. The minimum Gasteiger partial charge on any atom is -0.354 e. The second-order valence-corrected chi connectivity index (χ2v) is 6.24. The normalized spacial score (nSPS) is 21.0. The predicted molar refractivity (Wildman–Crippen MR) is 81.6 cm³/mol. The number of fused-ring (bicyclic) bond motifs is 1. The Hall–Kier alpha value is -1.91. The Balaban J connectivity index is 1.60. The van der Waals surface area contributed by atoms with Crippen molar-refractivity contribution in [2.24, 2.45) is 0 Å². The van der Waals surface area contributed by atoms with Crippen molar-refractivity contribution in [1.82, 2.24) is 19.7 Å². The van der Waals surface area contributed by atoms with E-state index in [1.807, 2.05) is 0 Å². The van der Waals surface area contributed by atoms with Crippen LogP contribution in [0.5, 0.6) is 0 Å². The highest BCUT2D eigenvalue weighted by molar-refractivity contribution is 5.51. The highest BCUT2D eigenvalue weighted by Crippen LogP contribution is 2.32. The minimum atomic E-state index is 0.464. The van der Waals surface area contributed by atoms with Gasteiger partial charge in [0.05, 0.1) is 11.7 Å². The molecule has 0 spiro atoms. The number of hydrogen-bond acceptors (Lipinski definition) is 4. The topological polar surface area (TPSA) is 46.8 Å². The number of aromatic nitrogens is 4. The molecule has 5 heteroatoms. The standard InChI is InChI=1S/C16H21N5/c1-11-8-12(2)21(19-11)13-6-7-20(9-13)16-14-4-3-5-15(14)17-10-18-16/h8,10,13H,3-7,9H2,1-2H3/t13-/m1/s1. The van der Waals surface area contributed by atoms with Crippen LogP contribution in [0.1, 0.15) is 41.5 Å². The molecule has 1 aliphatic heterocycles. The van der Waals surface area contributed by atoms with E-state index >= 15 is 0 Å². The lowest BCUT2D eigenvalue weighted by Gasteiger charge is -2.20. The van der Waals surface area contributed by atoms with E-state index in [2.05, 4.69) is 44.6 Å². The third kappa shape index (κ3) is 2.11. The summed E-state index contributed by atoms with van der Waals surface area (Å²) in [7, 11) is 0. The van der Waals surface area contributed by atoms with Gasteiger partial charge < -0.3 is 4.90 Å². The Morgan fingerprint density at radius 1 is 1.19 bits per heavy atom. The fraction of sp³-hybridized carbons (Fsp3) is 0.562. The first-order valence-electron chi connectivity index (χ1n) is 7.83. The smallest absolute Gasteiger partial charge is 0.135 e. The molecular weight excluding hydrogens is 262 g/mol. The van der Waals surface area contributed by atoms with Gasteiger partial charge in [-0.2, -0.15) is 5.10 Å². The van der Waals surface area contributed by atoms with Crippen molar-refractivity contribution < 1.29 is 0 Å². The first kappa shape index (κ1) is 12.8. The molecule has 21 heavy (non-hydrogen) atoms. The van der Waals surface area contributed by atoms with Crippen molar-refractivity contribution in [1.29, 1.82) is 0 Å². The summed E-state index contributed by atoms with van der Waals surface area (Å²) in [6.45, 7) is 6.27. The van der Waals surface area contributed by atoms with Crippen LogP contribution in [0.2, 0.25) is 0 Å². The van der Waals surface area contributed by atoms with Crippen molar-refractivity contribution in [3.8, 4) is 0 Å². The zero-order valence-electron chi connectivity index (χ0n) is 12.7. The fourth-order valence-electron chi connectivity index (χ4n) is 3.76. The number of hydrogen-bond donors (Lipinski definition) is 0. The van der Waals surface area contributed by atoms with Crippen molar-refractivity contribution in [3.63, 3.8) is 0 Å². The van der Waals surface area contributed by atoms with Gasteiger partial charge in [-0.3, -0.25) is 4.68 Å². The molecule has 0 amide bonds. The number of anilines is 1. The van der Waals surface area contributed by atoms with E-state index in [9.17, 15) is 0 Å². The second-order valence-electron chi connectivity index (χ2n) is 6.24. The largest absolute Gasteiger partial charge is 0.354 e. The maximum atomic E-state index is 4.65. The highest BCUT2D eigenvalue weighted by atomic mass is 15.3. The van der Waals surface area contributed by atoms with E-state index in [0.29, 0.717) is 6.04 Å². The van der Waals surface area contributed by atoms with Crippen LogP contribution < -0.4 is 4.90 Å². The number of aryl methyl sites for hydroxylation is 3. The molecule has 2 aromatic heterocycles. The molecule has 2 aliphatic rings. The van der Waals surface area contributed by atoms with Crippen molar-refractivity contribution >= 4 is 5.82 Å². The molecule has 1 aliphatic carbocycles. The van der Waals surface area contributed by atoms with Crippen LogP contribution in [0.3, 0.4) is 0 Å². The van der Waals surface area contributed by atoms with Gasteiger partial charge in [-0.1, -0.05) is 0 Å². The summed E-state index contributed by atoms with van der Waals surface area (Å²) in [6, 6.07) is 2.62. The summed E-state index contributed by atoms with van der Waals surface area (Å²) < 4.78 is 2.19. The lowest BCUT2D eigenvalue weighted by atomic mass is 10.2. The molecule has 0 unspecified atom stereocenters. The van der Waals surface area contributed by atoms with Crippen LogP contribution >= 0.6 is 0 Å². The fourth-order valence-corrected chi connectivity index (χ4v) is 3.76. The predicted octanol–water partition coefficient (Wildman–Crippen LogP) is 2.23. The average Bonchev–Trinajstić information content (AvgIpc) is 3.17. The lowest BCUT2D eigenvalue weighted by molar-refractivity contribution is 0.481. The molecule has 1 fully saturated rings. The van der Waals surface area contributed by atoms with E-state index in [-0.39, 0.29) is 0 Å². The molecule has 0 aromatic carbocycles. The molecule has 4 rings (SSSR count). The molecular formula is C16H21N5. The van der Waals surface area contributed by atoms with E-state index in [0.717, 1.165) is 38.0 Å². The highest BCUT2D eigenvalue weighted by Gasteiger charge is 2.29. The van der Waals surface area contributed by atoms with E-state index < -0.39 is 0 Å². The Morgan fingerprint density at radius 3 is 2.90 bits per heavy atom. The third-order valence-electron chi connectivity index (χ3n) is 4.71. The van der Waals surface area contributed by atoms with Crippen molar-refractivity contribution in [2.75, 3.05) is 18.0 Å². The third-order valence-corrected chi connectivity index (χ3v) is 4.71. The van der Waals surface area contributed by atoms with Crippen molar-refractivity contribution in [2.45, 2.75) is 45.6 Å². The van der Waals surface area contributed by atoms with Gasteiger partial charge in [-0.25, -0.2) is 9.97 Å². The van der Waals surface area contributed by atoms with Crippen LogP contribution in [0.25, 0.3) is 0 Å². The first-order chi connectivity index (χ1) is 10.2. The van der Waals surface area contributed by atoms with E-state index in [4.69, 9.17) is 0 Å². The van der Waals surface area contributed by atoms with Crippen LogP contribution in [0.15, 0.2) is 12.4 Å². The summed E-state index contributed by atoms with van der Waals surface area (Å²) in [4.78, 5) is 11.4. The van der Waals surface area contributed by atoms with Gasteiger partial charge in [-0.05, 0) is 45.6 Å². The molecule has 0 saturated carbocycles. The summed E-state index contributed by atoms with van der Waals surface area (Å²) in [6.07, 6.45) is 6.33. The lowest BCUT2D eigenvalue weighted by Crippen LogP contribution is -2.24. The van der Waals surface area contributed by atoms with Gasteiger partial charge in [0.25, 0.3) is 0 Å². The molecule has 1 atom stereocenters. The van der Waals surface area contributed by atoms with E-state index in [1.165, 1.54) is 29.2 Å². The summed E-state index contributed by atoms with van der Waals surface area (Å²) >= 11 is 0. The van der Waals surface area contributed by atoms with Crippen LogP contribution in [0, 0.1) is 13.8 Å². The molecule has 0 bridgehead atoms. The average molecular weight is 283 g/mol. The molecule has 110 valence electrons. The number of rotatable bonds is 2. The van der Waals surface area contributed by atoms with Gasteiger partial charge in [0.15, 0.2) is 0 Å². The SMILES string of the molecule is Cc1cc(C)n([C@@H]2CCN(c3ncnc4c3CCC4)C2)n1. The minimum absolute atomic E-state index is 0.464. The molecule has 2 aromatic rings. The van der Waals surface area contributed by atoms with Crippen LogP contribution in [0.4, 0.5) is 5.82 Å². The first-order valence-corrected chi connectivity index (χ1v) is 7.83. The van der Waals surface area contributed by atoms with Gasteiger partial charge >= 0.3 is 0 Å². The zero-order valence-corrected chi connectivity index (χ0v) is 12.7. The summed E-state index contributed by atoms with van der Waals surface area (Å²) in [5.41, 5.74) is 5.00. The molecule has 0 N–H and O–H groups in total. The maximum absolute atomic E-state index is 4.65. The molecule has 0 radical (unpaired) electrons. The zero-order chi connectivity index (χ0) is 14.4. The molecule has 3 heterocycles. The quantitative estimate of drug-likeness (QED) is 0.848. The monoisotopic (exact) mass is 283 g/mol. The van der Waals surface area contributed by atoms with E-state index in [1.54, 1.807) is 6.33 Å². The van der Waals surface area contributed by atoms with Gasteiger partial charge in [0.2, 0.25) is 0 Å². The Bertz CT molecular complexity index is 675. The Labute approximate surface area is 125 Å². The maximum Gasteiger partial charge on any atom is 0.135 e. The Kier molecular flexibility index (Phi) is 2.94. The van der Waals surface area contributed by atoms with Crippen LogP contribution in [-0.2, 0) is 12.8 Å². The van der Waals surface area contributed by atoms with Gasteiger partial charge in [0.1, 0.15) is 12.1 Å². The Morgan fingerprint density at radius 2 is 2.10 bits per heavy atom. The van der Waals surface area contributed by atoms with Crippen LogP contribution in [-0.4, -0.2) is 32.8 Å². The molecule has 5 nitrogen and oxygen atoms in total.